The van der Waals surface area contributed by atoms with Crippen LogP contribution in [0.4, 0.5) is 0 Å². The largest absolute Gasteiger partial charge is 0.317 e. The topological polar surface area (TPSA) is 66.5 Å². The van der Waals surface area contributed by atoms with E-state index >= 15 is 0 Å². The van der Waals surface area contributed by atoms with E-state index in [1.165, 1.54) is 17.0 Å². The lowest BCUT2D eigenvalue weighted by atomic mass is 10.1. The second-order valence-corrected chi connectivity index (χ2v) is 6.44. The van der Waals surface area contributed by atoms with Crippen molar-refractivity contribution in [2.24, 2.45) is 0 Å². The third-order valence-corrected chi connectivity index (χ3v) is 5.12. The zero-order valence-corrected chi connectivity index (χ0v) is 14.6. The van der Waals surface area contributed by atoms with Gasteiger partial charge < -0.3 is 4.90 Å². The maximum Gasteiger partial charge on any atom is 0.256 e. The van der Waals surface area contributed by atoms with Crippen molar-refractivity contribution < 1.29 is 14.4 Å². The first-order valence-electron chi connectivity index (χ1n) is 6.14. The molecule has 1 heterocycles. The van der Waals surface area contributed by atoms with Crippen LogP contribution in [0.25, 0.3) is 0 Å². The van der Waals surface area contributed by atoms with Crippen molar-refractivity contribution in [2.45, 2.75) is 19.4 Å². The van der Waals surface area contributed by atoms with Gasteiger partial charge in [-0.25, -0.2) is 0 Å². The standard InChI is InChI=1S/C13H11Cl2IN2O3/c1-2-9-12(20)17-10(19)5-18(9)13(21)7-3-6(14)4-8(15)11(7)16/h3-4,9H,2,5H2,1H3,(H,17,19,20). The first kappa shape index (κ1) is 16.5. The van der Waals surface area contributed by atoms with Gasteiger partial charge in [-0.2, -0.15) is 0 Å². The van der Waals surface area contributed by atoms with Gasteiger partial charge in [-0.05, 0) is 41.1 Å². The van der Waals surface area contributed by atoms with Gasteiger partial charge in [0.25, 0.3) is 5.91 Å². The summed E-state index contributed by atoms with van der Waals surface area (Å²) < 4.78 is 0.539. The highest BCUT2D eigenvalue weighted by atomic mass is 127. The molecule has 1 unspecified atom stereocenters. The Morgan fingerprint density at radius 2 is 2.10 bits per heavy atom. The minimum Gasteiger partial charge on any atom is -0.317 e. The van der Waals surface area contributed by atoms with Gasteiger partial charge in [0.05, 0.1) is 10.6 Å². The molecule has 21 heavy (non-hydrogen) atoms. The van der Waals surface area contributed by atoms with Crippen LogP contribution in [0.3, 0.4) is 0 Å². The second kappa shape index (κ2) is 6.50. The molecule has 1 saturated heterocycles. The van der Waals surface area contributed by atoms with Crippen LogP contribution >= 0.6 is 45.8 Å². The van der Waals surface area contributed by atoms with Gasteiger partial charge in [-0.1, -0.05) is 30.1 Å². The molecular formula is C13H11Cl2IN2O3. The average Bonchev–Trinajstić information content (AvgIpc) is 2.41. The lowest BCUT2D eigenvalue weighted by Gasteiger charge is -2.33. The van der Waals surface area contributed by atoms with Gasteiger partial charge in [0.2, 0.25) is 11.8 Å². The second-order valence-electron chi connectivity index (χ2n) is 4.52. The number of nitrogens with zero attached hydrogens (tertiary/aromatic N) is 1. The predicted octanol–water partition coefficient (Wildman–Crippen LogP) is 2.48. The number of benzene rings is 1. The summed E-state index contributed by atoms with van der Waals surface area (Å²) in [6.45, 7) is 1.61. The van der Waals surface area contributed by atoms with E-state index < -0.39 is 23.8 Å². The molecule has 1 aliphatic rings. The number of piperazine rings is 1. The zero-order chi connectivity index (χ0) is 15.7. The van der Waals surface area contributed by atoms with E-state index in [0.717, 1.165) is 0 Å². The summed E-state index contributed by atoms with van der Waals surface area (Å²) in [7, 11) is 0. The number of hydrogen-bond acceptors (Lipinski definition) is 3. The molecule has 1 aliphatic heterocycles. The van der Waals surface area contributed by atoms with Crippen LogP contribution in [0, 0.1) is 3.57 Å². The molecule has 2 rings (SSSR count). The summed E-state index contributed by atoms with van der Waals surface area (Å²) in [5.41, 5.74) is 0.286. The van der Waals surface area contributed by atoms with Crippen molar-refractivity contribution in [3.05, 3.63) is 31.3 Å². The van der Waals surface area contributed by atoms with E-state index in [2.05, 4.69) is 5.32 Å². The fraction of sp³-hybridized carbons (Fsp3) is 0.308. The molecule has 1 aromatic carbocycles. The molecule has 0 spiro atoms. The zero-order valence-electron chi connectivity index (χ0n) is 11.0. The maximum atomic E-state index is 12.7. The first-order chi connectivity index (χ1) is 9.85. The molecule has 1 N–H and O–H groups in total. The molecule has 8 heteroatoms. The SMILES string of the molecule is CCC1C(=O)NC(=O)CN1C(=O)c1cc(Cl)cc(Cl)c1I. The Hall–Kier alpha value is -0.860. The van der Waals surface area contributed by atoms with Crippen LogP contribution < -0.4 is 5.32 Å². The highest BCUT2D eigenvalue weighted by Crippen LogP contribution is 2.28. The summed E-state index contributed by atoms with van der Waals surface area (Å²) >= 11 is 13.9. The highest BCUT2D eigenvalue weighted by molar-refractivity contribution is 14.1. The van der Waals surface area contributed by atoms with Crippen LogP contribution in [0.2, 0.25) is 10.0 Å². The highest BCUT2D eigenvalue weighted by Gasteiger charge is 2.36. The van der Waals surface area contributed by atoms with Crippen molar-refractivity contribution in [1.82, 2.24) is 10.2 Å². The molecule has 0 aliphatic carbocycles. The number of carbonyl (C=O) groups excluding carboxylic acids is 3. The number of amides is 3. The lowest BCUT2D eigenvalue weighted by Crippen LogP contribution is -2.59. The van der Waals surface area contributed by atoms with E-state index in [4.69, 9.17) is 23.2 Å². The summed E-state index contributed by atoms with van der Waals surface area (Å²) in [4.78, 5) is 37.3. The molecule has 1 atom stereocenters. The van der Waals surface area contributed by atoms with Crippen LogP contribution in [0.15, 0.2) is 12.1 Å². The number of rotatable bonds is 2. The molecule has 0 bridgehead atoms. The molecule has 1 fully saturated rings. The van der Waals surface area contributed by atoms with Gasteiger partial charge in [-0.15, -0.1) is 0 Å². The van der Waals surface area contributed by atoms with E-state index in [0.29, 0.717) is 20.0 Å². The third-order valence-electron chi connectivity index (χ3n) is 3.13. The fourth-order valence-corrected chi connectivity index (χ4v) is 3.19. The average molecular weight is 441 g/mol. The number of halogens is 3. The van der Waals surface area contributed by atoms with E-state index in [9.17, 15) is 14.4 Å². The van der Waals surface area contributed by atoms with Crippen molar-refractivity contribution in [1.29, 1.82) is 0 Å². The minimum atomic E-state index is -0.677. The Morgan fingerprint density at radius 1 is 1.43 bits per heavy atom. The van der Waals surface area contributed by atoms with Crippen molar-refractivity contribution >= 4 is 63.5 Å². The molecule has 0 radical (unpaired) electrons. The van der Waals surface area contributed by atoms with Crippen molar-refractivity contribution in [2.75, 3.05) is 6.54 Å². The van der Waals surface area contributed by atoms with Gasteiger partial charge in [0.15, 0.2) is 0 Å². The minimum absolute atomic E-state index is 0.163. The Kier molecular flexibility index (Phi) is 5.11. The first-order valence-corrected chi connectivity index (χ1v) is 7.97. The van der Waals surface area contributed by atoms with Crippen LogP contribution in [-0.4, -0.2) is 35.2 Å². The maximum absolute atomic E-state index is 12.7. The Balaban J connectivity index is 2.42. The molecule has 0 saturated carbocycles. The summed E-state index contributed by atoms with van der Waals surface area (Å²) in [6.07, 6.45) is 0.412. The monoisotopic (exact) mass is 440 g/mol. The quantitative estimate of drug-likeness (QED) is 0.436. The van der Waals surface area contributed by atoms with Gasteiger partial charge >= 0.3 is 0 Å². The van der Waals surface area contributed by atoms with Gasteiger partial charge in [-0.3, -0.25) is 19.7 Å². The lowest BCUT2D eigenvalue weighted by molar-refractivity contribution is -0.138. The van der Waals surface area contributed by atoms with Crippen LogP contribution in [0.1, 0.15) is 23.7 Å². The van der Waals surface area contributed by atoms with Gasteiger partial charge in [0, 0.05) is 8.59 Å². The van der Waals surface area contributed by atoms with Gasteiger partial charge in [0.1, 0.15) is 12.6 Å². The molecule has 3 amide bonds. The number of nitrogens with one attached hydrogen (secondary N) is 1. The Morgan fingerprint density at radius 3 is 2.71 bits per heavy atom. The predicted molar refractivity (Wildman–Crippen MR) is 87.4 cm³/mol. The molecule has 1 aromatic rings. The Bertz CT molecular complexity index is 636. The van der Waals surface area contributed by atoms with E-state index in [-0.39, 0.29) is 12.1 Å². The summed E-state index contributed by atoms with van der Waals surface area (Å²) in [5.74, 6) is -1.40. The molecular weight excluding hydrogens is 430 g/mol. The molecule has 112 valence electrons. The molecule has 0 aromatic heterocycles. The normalized spacial score (nSPS) is 18.7. The number of imide groups is 1. The van der Waals surface area contributed by atoms with Crippen LogP contribution in [0.5, 0.6) is 0 Å². The van der Waals surface area contributed by atoms with E-state index in [1.807, 2.05) is 22.6 Å². The summed E-state index contributed by atoms with van der Waals surface area (Å²) in [5, 5.41) is 2.91. The smallest absolute Gasteiger partial charge is 0.256 e. The van der Waals surface area contributed by atoms with Crippen molar-refractivity contribution in [3.8, 4) is 0 Å². The molecule has 5 nitrogen and oxygen atoms in total. The van der Waals surface area contributed by atoms with Crippen LogP contribution in [-0.2, 0) is 9.59 Å². The van der Waals surface area contributed by atoms with E-state index in [1.54, 1.807) is 6.92 Å². The Labute approximate surface area is 145 Å². The fourth-order valence-electron chi connectivity index (χ4n) is 2.15. The van der Waals surface area contributed by atoms with Crippen molar-refractivity contribution in [3.63, 3.8) is 0 Å². The number of hydrogen-bond donors (Lipinski definition) is 1. The third kappa shape index (κ3) is 3.32. The number of carbonyl (C=O) groups is 3. The summed E-state index contributed by atoms with van der Waals surface area (Å²) in [6, 6.07) is 2.35.